The molecule has 1 heterocycles. The molecule has 0 bridgehead atoms. The third kappa shape index (κ3) is 5.45. The highest BCUT2D eigenvalue weighted by Gasteiger charge is 2.32. The van der Waals surface area contributed by atoms with Gasteiger partial charge < -0.3 is 10.2 Å². The molecule has 2 amide bonds. The van der Waals surface area contributed by atoms with Crippen molar-refractivity contribution in [1.29, 1.82) is 0 Å². The number of amides is 2. The van der Waals surface area contributed by atoms with E-state index in [2.05, 4.69) is 15.8 Å². The molecular formula is C17H28N4O3S. The molecule has 25 heavy (non-hydrogen) atoms. The Morgan fingerprint density at radius 1 is 1.20 bits per heavy atom. The Morgan fingerprint density at radius 2 is 1.88 bits per heavy atom. The van der Waals surface area contributed by atoms with Crippen molar-refractivity contribution < 1.29 is 14.4 Å². The Hall–Kier alpha value is -1.57. The predicted octanol–water partition coefficient (Wildman–Crippen LogP) is 1.34. The average Bonchev–Trinajstić information content (AvgIpc) is 3.02. The van der Waals surface area contributed by atoms with Gasteiger partial charge in [0.25, 0.3) is 0 Å². The van der Waals surface area contributed by atoms with Crippen LogP contribution in [0.2, 0.25) is 0 Å². The number of thioether (sulfide) groups is 1. The molecule has 0 radical (unpaired) electrons. The number of carbonyl (C=O) groups is 3. The Morgan fingerprint density at radius 3 is 2.44 bits per heavy atom. The van der Waals surface area contributed by atoms with Gasteiger partial charge in [-0.1, -0.05) is 44.9 Å². The zero-order valence-electron chi connectivity index (χ0n) is 15.2. The first kappa shape index (κ1) is 19.8. The van der Waals surface area contributed by atoms with Crippen LogP contribution in [0, 0.1) is 11.8 Å². The zero-order chi connectivity index (χ0) is 18.4. The van der Waals surface area contributed by atoms with Crippen molar-refractivity contribution in [3.63, 3.8) is 0 Å². The van der Waals surface area contributed by atoms with Crippen molar-refractivity contribution in [3.05, 3.63) is 0 Å². The third-order valence-corrected chi connectivity index (χ3v) is 5.73. The van der Waals surface area contributed by atoms with E-state index in [4.69, 9.17) is 0 Å². The summed E-state index contributed by atoms with van der Waals surface area (Å²) in [7, 11) is 1.88. The summed E-state index contributed by atoms with van der Waals surface area (Å²) >= 11 is 1.53. The first-order valence-corrected chi connectivity index (χ1v) is 9.95. The lowest BCUT2D eigenvalue weighted by molar-refractivity contribution is -0.141. The van der Waals surface area contributed by atoms with Crippen molar-refractivity contribution in [2.45, 2.75) is 52.0 Å². The van der Waals surface area contributed by atoms with Crippen molar-refractivity contribution in [1.82, 2.24) is 15.6 Å². The highest BCUT2D eigenvalue weighted by atomic mass is 32.2. The normalized spacial score (nSPS) is 21.4. The molecule has 0 unspecified atom stereocenters. The quantitative estimate of drug-likeness (QED) is 0.545. The Labute approximate surface area is 153 Å². The van der Waals surface area contributed by atoms with Crippen LogP contribution >= 0.6 is 11.8 Å². The monoisotopic (exact) mass is 368 g/mol. The predicted molar refractivity (Wildman–Crippen MR) is 99.0 cm³/mol. The van der Waals surface area contributed by atoms with Crippen molar-refractivity contribution >= 4 is 34.5 Å². The molecular weight excluding hydrogens is 340 g/mol. The molecule has 2 aliphatic rings. The number of Topliss-reactive ketones (excluding diaryl/α,β-unsaturated/α-hetero) is 1. The molecule has 1 aliphatic heterocycles. The van der Waals surface area contributed by atoms with Crippen LogP contribution in [0.25, 0.3) is 0 Å². The van der Waals surface area contributed by atoms with Crippen molar-refractivity contribution in [3.8, 4) is 0 Å². The fraction of sp³-hybridized carbons (Fsp3) is 0.765. The first-order chi connectivity index (χ1) is 11.9. The van der Waals surface area contributed by atoms with Gasteiger partial charge in [0.15, 0.2) is 5.17 Å². The Balaban J connectivity index is 1.94. The van der Waals surface area contributed by atoms with Crippen LogP contribution in [0.4, 0.5) is 0 Å². The Kier molecular flexibility index (Phi) is 7.28. The molecule has 0 spiro atoms. The number of nitrogens with zero attached hydrogens (tertiary/aromatic N) is 2. The van der Waals surface area contributed by atoms with Crippen molar-refractivity contribution in [2.24, 2.45) is 16.9 Å². The van der Waals surface area contributed by atoms with E-state index in [0.717, 1.165) is 44.4 Å². The van der Waals surface area contributed by atoms with Gasteiger partial charge in [0.05, 0.1) is 6.04 Å². The Bertz CT molecular complexity index is 544. The van der Waals surface area contributed by atoms with Crippen LogP contribution in [-0.2, 0) is 14.4 Å². The fourth-order valence-corrected chi connectivity index (χ4v) is 4.03. The maximum absolute atomic E-state index is 12.5. The molecule has 0 aromatic heterocycles. The highest BCUT2D eigenvalue weighted by molar-refractivity contribution is 8.14. The van der Waals surface area contributed by atoms with Crippen molar-refractivity contribution in [2.75, 3.05) is 19.3 Å². The zero-order valence-corrected chi connectivity index (χ0v) is 16.0. The minimum atomic E-state index is -0.816. The van der Waals surface area contributed by atoms with Gasteiger partial charge in [0, 0.05) is 25.3 Å². The molecule has 0 aromatic rings. The molecule has 8 heteroatoms. The SMILES string of the molecule is CC(C)[C@@H](NC(=O)C1CCCCC1)C(=O)C(=O)NN=C1SCCN1C. The van der Waals surface area contributed by atoms with E-state index < -0.39 is 17.7 Å². The average molecular weight is 369 g/mol. The molecule has 0 aromatic carbocycles. The van der Waals surface area contributed by atoms with Crippen LogP contribution in [0.1, 0.15) is 46.0 Å². The summed E-state index contributed by atoms with van der Waals surface area (Å²) in [4.78, 5) is 39.0. The van der Waals surface area contributed by atoms with Crippen LogP contribution in [0.5, 0.6) is 0 Å². The number of hydrazone groups is 1. The second kappa shape index (κ2) is 9.22. The van der Waals surface area contributed by atoms with E-state index in [1.165, 1.54) is 11.8 Å². The number of amidine groups is 1. The highest BCUT2D eigenvalue weighted by Crippen LogP contribution is 2.24. The maximum atomic E-state index is 12.5. The van der Waals surface area contributed by atoms with E-state index in [0.29, 0.717) is 5.17 Å². The molecule has 1 atom stereocenters. The van der Waals surface area contributed by atoms with E-state index in [1.54, 1.807) is 0 Å². The molecule has 2 fully saturated rings. The summed E-state index contributed by atoms with van der Waals surface area (Å²) in [5.74, 6) is -0.843. The van der Waals surface area contributed by atoms with Crippen LogP contribution < -0.4 is 10.7 Å². The van der Waals surface area contributed by atoms with Gasteiger partial charge in [-0.25, -0.2) is 5.43 Å². The lowest BCUT2D eigenvalue weighted by Gasteiger charge is -2.25. The minimum Gasteiger partial charge on any atom is -0.352 e. The fourth-order valence-electron chi connectivity index (χ4n) is 3.06. The molecule has 2 N–H and O–H groups in total. The molecule has 140 valence electrons. The summed E-state index contributed by atoms with van der Waals surface area (Å²) in [6, 6.07) is -0.816. The molecule has 1 saturated heterocycles. The minimum absolute atomic E-state index is 0.0466. The maximum Gasteiger partial charge on any atom is 0.309 e. The van der Waals surface area contributed by atoms with E-state index in [9.17, 15) is 14.4 Å². The summed E-state index contributed by atoms with van der Waals surface area (Å²) < 4.78 is 0. The summed E-state index contributed by atoms with van der Waals surface area (Å²) in [5.41, 5.74) is 2.33. The largest absolute Gasteiger partial charge is 0.352 e. The lowest BCUT2D eigenvalue weighted by Crippen LogP contribution is -2.51. The van der Waals surface area contributed by atoms with Gasteiger partial charge in [-0.3, -0.25) is 14.4 Å². The van der Waals surface area contributed by atoms with Crippen LogP contribution in [0.3, 0.4) is 0 Å². The molecule has 1 saturated carbocycles. The van der Waals surface area contributed by atoms with Gasteiger partial charge in [0.1, 0.15) is 0 Å². The van der Waals surface area contributed by atoms with Crippen LogP contribution in [0.15, 0.2) is 5.10 Å². The lowest BCUT2D eigenvalue weighted by atomic mass is 9.88. The smallest absolute Gasteiger partial charge is 0.309 e. The topological polar surface area (TPSA) is 90.9 Å². The molecule has 1 aliphatic carbocycles. The number of hydrogen-bond acceptors (Lipinski definition) is 5. The van der Waals surface area contributed by atoms with Gasteiger partial charge >= 0.3 is 5.91 Å². The summed E-state index contributed by atoms with van der Waals surface area (Å²) in [6.07, 6.45) is 4.96. The van der Waals surface area contributed by atoms with Gasteiger partial charge in [-0.05, 0) is 18.8 Å². The van der Waals surface area contributed by atoms with Crippen LogP contribution in [-0.4, -0.2) is 53.1 Å². The number of carbonyl (C=O) groups excluding carboxylic acids is 3. The van der Waals surface area contributed by atoms with E-state index in [1.807, 2.05) is 25.8 Å². The summed E-state index contributed by atoms with van der Waals surface area (Å²) in [6.45, 7) is 4.51. The van der Waals surface area contributed by atoms with Gasteiger partial charge in [-0.2, -0.15) is 0 Å². The number of nitrogens with one attached hydrogen (secondary N) is 2. The van der Waals surface area contributed by atoms with Gasteiger partial charge in [0.2, 0.25) is 11.7 Å². The summed E-state index contributed by atoms with van der Waals surface area (Å²) in [5, 5.41) is 7.49. The second-order valence-electron chi connectivity index (χ2n) is 7.03. The molecule has 2 rings (SSSR count). The standard InChI is InChI=1S/C17H28N4O3S/c1-11(2)13(18-15(23)12-7-5-4-6-8-12)14(22)16(24)19-20-17-21(3)9-10-25-17/h11-13H,4-10H2,1-3H3,(H,18,23)(H,19,24)/t13-/m1/s1. The molecule has 7 nitrogen and oxygen atoms in total. The van der Waals surface area contributed by atoms with E-state index in [-0.39, 0.29) is 17.7 Å². The number of ketones is 1. The van der Waals surface area contributed by atoms with E-state index >= 15 is 0 Å². The first-order valence-electron chi connectivity index (χ1n) is 8.96. The number of rotatable bonds is 6. The second-order valence-corrected chi connectivity index (χ2v) is 8.10. The van der Waals surface area contributed by atoms with Gasteiger partial charge in [-0.15, -0.1) is 5.10 Å². The number of hydrogen-bond donors (Lipinski definition) is 2. The third-order valence-electron chi connectivity index (χ3n) is 4.68.